The number of aliphatic carboxylic acids is 1. The molecule has 0 unspecified atom stereocenters. The van der Waals surface area contributed by atoms with Crippen LogP contribution in [0.3, 0.4) is 0 Å². The zero-order valence-corrected chi connectivity index (χ0v) is 11.7. The van der Waals surface area contributed by atoms with Crippen molar-refractivity contribution in [2.45, 2.75) is 38.8 Å². The van der Waals surface area contributed by atoms with Gasteiger partial charge in [0, 0.05) is 6.54 Å². The molecule has 20 heavy (non-hydrogen) atoms. The van der Waals surface area contributed by atoms with Crippen molar-refractivity contribution >= 4 is 11.9 Å². The normalized spacial score (nSPS) is 18.4. The third-order valence-corrected chi connectivity index (χ3v) is 3.27. The molecule has 0 aromatic heterocycles. The number of hydrogen-bond donors (Lipinski definition) is 0. The van der Waals surface area contributed by atoms with Gasteiger partial charge in [-0.25, -0.2) is 0 Å². The van der Waals surface area contributed by atoms with Crippen LogP contribution in [0, 0.1) is 0 Å². The average Bonchev–Trinajstić information content (AvgIpc) is 2.87. The second-order valence-corrected chi connectivity index (χ2v) is 5.14. The number of amides is 1. The van der Waals surface area contributed by atoms with Gasteiger partial charge in [-0.3, -0.25) is 4.79 Å². The van der Waals surface area contributed by atoms with Gasteiger partial charge >= 0.3 is 0 Å². The summed E-state index contributed by atoms with van der Waals surface area (Å²) in [5.74, 6) is -1.03. The maximum absolute atomic E-state index is 12.5. The SMILES string of the molecule is CC(C)Oc1ccccc1C(=O)N1CCC[C@H]1C(=O)[O-]. The van der Waals surface area contributed by atoms with Crippen molar-refractivity contribution in [3.63, 3.8) is 0 Å². The van der Waals surface area contributed by atoms with Gasteiger partial charge in [-0.1, -0.05) is 12.1 Å². The van der Waals surface area contributed by atoms with Crippen molar-refractivity contribution in [2.24, 2.45) is 0 Å². The highest BCUT2D eigenvalue weighted by molar-refractivity contribution is 5.99. The molecule has 5 nitrogen and oxygen atoms in total. The Morgan fingerprint density at radius 2 is 2.05 bits per heavy atom. The Morgan fingerprint density at radius 1 is 1.35 bits per heavy atom. The van der Waals surface area contributed by atoms with Crippen LogP contribution in [0.5, 0.6) is 5.75 Å². The lowest BCUT2D eigenvalue weighted by atomic mass is 10.1. The van der Waals surface area contributed by atoms with Crippen LogP contribution in [0.25, 0.3) is 0 Å². The Labute approximate surface area is 118 Å². The van der Waals surface area contributed by atoms with Crippen molar-refractivity contribution in [3.05, 3.63) is 29.8 Å². The van der Waals surface area contributed by atoms with Crippen LogP contribution in [-0.2, 0) is 4.79 Å². The van der Waals surface area contributed by atoms with Crippen LogP contribution >= 0.6 is 0 Å². The Morgan fingerprint density at radius 3 is 2.70 bits per heavy atom. The van der Waals surface area contributed by atoms with E-state index >= 15 is 0 Å². The molecule has 1 atom stereocenters. The van der Waals surface area contributed by atoms with E-state index < -0.39 is 12.0 Å². The highest BCUT2D eigenvalue weighted by Crippen LogP contribution is 2.25. The smallest absolute Gasteiger partial charge is 0.258 e. The summed E-state index contributed by atoms with van der Waals surface area (Å²) in [6.45, 7) is 4.19. The van der Waals surface area contributed by atoms with Gasteiger partial charge in [0.05, 0.1) is 23.7 Å². The molecule has 0 radical (unpaired) electrons. The molecule has 1 aliphatic heterocycles. The summed E-state index contributed by atoms with van der Waals surface area (Å²) in [6, 6.07) is 6.07. The van der Waals surface area contributed by atoms with Crippen LogP contribution in [0.4, 0.5) is 0 Å². The zero-order valence-electron chi connectivity index (χ0n) is 11.7. The molecule has 1 saturated heterocycles. The monoisotopic (exact) mass is 276 g/mol. The summed E-state index contributed by atoms with van der Waals surface area (Å²) >= 11 is 0. The van der Waals surface area contributed by atoms with Crippen molar-refractivity contribution in [3.8, 4) is 5.75 Å². The van der Waals surface area contributed by atoms with Gasteiger partial charge in [0.15, 0.2) is 0 Å². The molecule has 0 N–H and O–H groups in total. The van der Waals surface area contributed by atoms with Gasteiger partial charge in [0.25, 0.3) is 5.91 Å². The van der Waals surface area contributed by atoms with Crippen LogP contribution in [0.15, 0.2) is 24.3 Å². The predicted octanol–water partition coefficient (Wildman–Crippen LogP) is 0.828. The van der Waals surface area contributed by atoms with Gasteiger partial charge in [0.1, 0.15) is 5.75 Å². The second kappa shape index (κ2) is 5.94. The van der Waals surface area contributed by atoms with Gasteiger partial charge < -0.3 is 19.5 Å². The minimum atomic E-state index is -1.20. The number of carboxylic acids is 1. The van der Waals surface area contributed by atoms with Gasteiger partial charge in [-0.05, 0) is 38.8 Å². The Hall–Kier alpha value is -2.04. The number of benzene rings is 1. The van der Waals surface area contributed by atoms with E-state index in [1.165, 1.54) is 4.90 Å². The number of likely N-dealkylation sites (tertiary alicyclic amines) is 1. The average molecular weight is 276 g/mol. The molecule has 2 rings (SSSR count). The summed E-state index contributed by atoms with van der Waals surface area (Å²) in [5.41, 5.74) is 0.398. The number of nitrogens with zero attached hydrogens (tertiary/aromatic N) is 1. The Bertz CT molecular complexity index is 512. The van der Waals surface area contributed by atoms with Crippen LogP contribution in [-0.4, -0.2) is 35.5 Å². The first-order chi connectivity index (χ1) is 9.50. The second-order valence-electron chi connectivity index (χ2n) is 5.14. The number of carbonyl (C=O) groups excluding carboxylic acids is 2. The molecule has 1 fully saturated rings. The quantitative estimate of drug-likeness (QED) is 0.816. The fraction of sp³-hybridized carbons (Fsp3) is 0.467. The first kappa shape index (κ1) is 14.4. The van der Waals surface area contributed by atoms with E-state index in [-0.39, 0.29) is 12.0 Å². The number of hydrogen-bond acceptors (Lipinski definition) is 4. The van der Waals surface area contributed by atoms with Gasteiger partial charge in [-0.15, -0.1) is 0 Å². The molecule has 1 aliphatic rings. The Balaban J connectivity index is 2.27. The molecule has 0 bridgehead atoms. The standard InChI is InChI=1S/C15H19NO4/c1-10(2)20-13-8-4-3-6-11(13)14(17)16-9-5-7-12(16)15(18)19/h3-4,6,8,10,12H,5,7,9H2,1-2H3,(H,18,19)/p-1/t12-/m0/s1. The molecular weight excluding hydrogens is 258 g/mol. The third-order valence-electron chi connectivity index (χ3n) is 3.27. The highest BCUT2D eigenvalue weighted by atomic mass is 16.5. The molecule has 1 heterocycles. The van der Waals surface area contributed by atoms with E-state index in [0.29, 0.717) is 30.7 Å². The largest absolute Gasteiger partial charge is 0.548 e. The van der Waals surface area contributed by atoms with Crippen molar-refractivity contribution in [1.29, 1.82) is 0 Å². The fourth-order valence-corrected chi connectivity index (χ4v) is 2.41. The molecule has 1 aromatic rings. The van der Waals surface area contributed by atoms with Crippen molar-refractivity contribution in [2.75, 3.05) is 6.54 Å². The van der Waals surface area contributed by atoms with E-state index in [9.17, 15) is 14.7 Å². The van der Waals surface area contributed by atoms with E-state index in [4.69, 9.17) is 4.74 Å². The minimum Gasteiger partial charge on any atom is -0.548 e. The van der Waals surface area contributed by atoms with Crippen molar-refractivity contribution in [1.82, 2.24) is 4.90 Å². The van der Waals surface area contributed by atoms with Gasteiger partial charge in [0.2, 0.25) is 0 Å². The summed E-state index contributed by atoms with van der Waals surface area (Å²) in [4.78, 5) is 25.0. The van der Waals surface area contributed by atoms with Crippen LogP contribution < -0.4 is 9.84 Å². The summed E-state index contributed by atoms with van der Waals surface area (Å²) in [5, 5.41) is 11.1. The first-order valence-corrected chi connectivity index (χ1v) is 6.78. The third kappa shape index (κ3) is 2.92. The topological polar surface area (TPSA) is 69.7 Å². The number of carboxylic acid groups (broad SMARTS) is 1. The number of rotatable bonds is 4. The first-order valence-electron chi connectivity index (χ1n) is 6.78. The lowest BCUT2D eigenvalue weighted by Gasteiger charge is -2.26. The molecule has 0 spiro atoms. The van der Waals surface area contributed by atoms with E-state index in [0.717, 1.165) is 0 Å². The maximum atomic E-state index is 12.5. The molecule has 0 saturated carbocycles. The van der Waals surface area contributed by atoms with Crippen molar-refractivity contribution < 1.29 is 19.4 Å². The predicted molar refractivity (Wildman–Crippen MR) is 71.3 cm³/mol. The molecule has 108 valence electrons. The lowest BCUT2D eigenvalue weighted by molar-refractivity contribution is -0.310. The maximum Gasteiger partial charge on any atom is 0.258 e. The summed E-state index contributed by atoms with van der Waals surface area (Å²) < 4.78 is 5.61. The number of ether oxygens (including phenoxy) is 1. The van der Waals surface area contributed by atoms with Crippen LogP contribution in [0.2, 0.25) is 0 Å². The van der Waals surface area contributed by atoms with E-state index in [1.807, 2.05) is 13.8 Å². The number of para-hydroxylation sites is 1. The highest BCUT2D eigenvalue weighted by Gasteiger charge is 2.31. The Kier molecular flexibility index (Phi) is 4.27. The van der Waals surface area contributed by atoms with E-state index in [1.54, 1.807) is 24.3 Å². The van der Waals surface area contributed by atoms with E-state index in [2.05, 4.69) is 0 Å². The lowest BCUT2D eigenvalue weighted by Crippen LogP contribution is -2.47. The van der Waals surface area contributed by atoms with Crippen LogP contribution in [0.1, 0.15) is 37.0 Å². The molecule has 0 aliphatic carbocycles. The summed E-state index contributed by atoms with van der Waals surface area (Å²) in [6.07, 6.45) is 1.07. The number of carbonyl (C=O) groups is 2. The molecule has 1 aromatic carbocycles. The molecule has 1 amide bonds. The molecule has 5 heteroatoms. The van der Waals surface area contributed by atoms with Gasteiger partial charge in [-0.2, -0.15) is 0 Å². The minimum absolute atomic E-state index is 0.0561. The summed E-state index contributed by atoms with van der Waals surface area (Å²) in [7, 11) is 0. The zero-order chi connectivity index (χ0) is 14.7. The fourth-order valence-electron chi connectivity index (χ4n) is 2.41. The molecular formula is C15H18NO4-.